The highest BCUT2D eigenvalue weighted by atomic mass is 16.3. The number of hydrogen-bond donors (Lipinski definition) is 0. The van der Waals surface area contributed by atoms with Gasteiger partial charge in [0.15, 0.2) is 5.58 Å². The van der Waals surface area contributed by atoms with E-state index in [9.17, 15) is 0 Å². The van der Waals surface area contributed by atoms with E-state index in [0.717, 1.165) is 55.7 Å². The summed E-state index contributed by atoms with van der Waals surface area (Å²) in [6.45, 7) is 4.07. The summed E-state index contributed by atoms with van der Waals surface area (Å²) < 4.78 is 8.97. The molecule has 11 aromatic rings. The van der Waals surface area contributed by atoms with Crippen LogP contribution in [0.1, 0.15) is 5.56 Å². The third-order valence-corrected chi connectivity index (χ3v) is 12.1. The zero-order valence-corrected chi connectivity index (χ0v) is 34.2. The lowest BCUT2D eigenvalue weighted by molar-refractivity contribution is 0.666. The van der Waals surface area contributed by atoms with Crippen molar-refractivity contribution in [3.05, 3.63) is 248 Å². The predicted octanol–water partition coefficient (Wildman–Crippen LogP) is 16.2. The first-order chi connectivity index (χ1) is 30.7. The summed E-state index contributed by atoms with van der Waals surface area (Å²) in [7, 11) is 0. The molecule has 2 heterocycles. The number of nitrogens with zero attached hydrogens (tertiary/aromatic N) is 2. The highest BCUT2D eigenvalue weighted by Crippen LogP contribution is 2.40. The Bertz CT molecular complexity index is 3490. The lowest BCUT2D eigenvalue weighted by Gasteiger charge is -2.27. The van der Waals surface area contributed by atoms with Crippen LogP contribution in [0.25, 0.3) is 82.5 Å². The molecule has 0 saturated carbocycles. The third-order valence-electron chi connectivity index (χ3n) is 12.1. The highest BCUT2D eigenvalue weighted by molar-refractivity contribution is 6.13. The molecule has 0 N–H and O–H groups in total. The molecule has 0 amide bonds. The van der Waals surface area contributed by atoms with Crippen LogP contribution in [0.5, 0.6) is 0 Å². The molecular formula is C59H42N2O. The number of allylic oxidation sites excluding steroid dienone is 4. The van der Waals surface area contributed by atoms with Crippen LogP contribution in [0, 0.1) is 0 Å². The van der Waals surface area contributed by atoms with Crippen LogP contribution in [0.2, 0.25) is 0 Å². The lowest BCUT2D eigenvalue weighted by Crippen LogP contribution is -2.15. The van der Waals surface area contributed by atoms with Crippen molar-refractivity contribution in [2.24, 2.45) is 0 Å². The van der Waals surface area contributed by atoms with Crippen molar-refractivity contribution in [3.8, 4) is 27.9 Å². The Hall–Kier alpha value is -8.14. The second kappa shape index (κ2) is 15.8. The highest BCUT2D eigenvalue weighted by Gasteiger charge is 2.20. The molecule has 9 aromatic carbocycles. The van der Waals surface area contributed by atoms with Crippen LogP contribution in [-0.4, -0.2) is 4.57 Å². The van der Waals surface area contributed by atoms with E-state index in [4.69, 9.17) is 4.42 Å². The average molecular weight is 795 g/mol. The van der Waals surface area contributed by atoms with Crippen molar-refractivity contribution in [2.75, 3.05) is 4.90 Å². The van der Waals surface area contributed by atoms with E-state index >= 15 is 0 Å². The van der Waals surface area contributed by atoms with Crippen molar-refractivity contribution in [2.45, 2.75) is 6.42 Å². The monoisotopic (exact) mass is 794 g/mol. The predicted molar refractivity (Wildman–Crippen MR) is 263 cm³/mol. The quantitative estimate of drug-likeness (QED) is 0.129. The first-order valence-electron chi connectivity index (χ1n) is 21.2. The van der Waals surface area contributed by atoms with Crippen molar-refractivity contribution in [1.82, 2.24) is 4.57 Å². The summed E-state index contributed by atoms with van der Waals surface area (Å²) in [6, 6.07) is 73.7. The third kappa shape index (κ3) is 6.48. The van der Waals surface area contributed by atoms with Gasteiger partial charge < -0.3 is 13.9 Å². The Labute approximate surface area is 361 Å². The first kappa shape index (κ1) is 36.9. The fourth-order valence-corrected chi connectivity index (χ4v) is 9.19. The van der Waals surface area contributed by atoms with Gasteiger partial charge in [0, 0.05) is 38.6 Å². The molecule has 0 unspecified atom stereocenters. The van der Waals surface area contributed by atoms with Gasteiger partial charge in [-0.05, 0) is 99.6 Å². The molecule has 0 fully saturated rings. The summed E-state index contributed by atoms with van der Waals surface area (Å²) in [4.78, 5) is 2.35. The SMILES string of the molecule is C=C/C=C\C(=C/Cc1cccc2c1c1ccccc1n2-c1cccc2c1oc1ccccc12)N(c1ccc(-c2ccccc2)cc1)c1ccc(-c2cccc3ccccc23)cc1. The van der Waals surface area contributed by atoms with Gasteiger partial charge in [0.1, 0.15) is 5.58 Å². The smallest absolute Gasteiger partial charge is 0.159 e. The van der Waals surface area contributed by atoms with Crippen LogP contribution in [-0.2, 0) is 6.42 Å². The minimum absolute atomic E-state index is 0.698. The van der Waals surface area contributed by atoms with Gasteiger partial charge in [-0.15, -0.1) is 0 Å². The summed E-state index contributed by atoms with van der Waals surface area (Å²) in [6.07, 6.45) is 9.10. The molecular weight excluding hydrogens is 753 g/mol. The lowest BCUT2D eigenvalue weighted by atomic mass is 9.98. The molecule has 0 radical (unpaired) electrons. The van der Waals surface area contributed by atoms with E-state index in [2.05, 4.69) is 222 Å². The maximum atomic E-state index is 6.59. The van der Waals surface area contributed by atoms with E-state index in [1.54, 1.807) is 0 Å². The van der Waals surface area contributed by atoms with Gasteiger partial charge in [0.25, 0.3) is 0 Å². The number of hydrogen-bond acceptors (Lipinski definition) is 2. The van der Waals surface area contributed by atoms with E-state index in [1.807, 2.05) is 24.3 Å². The Kier molecular flexibility index (Phi) is 9.40. The molecule has 0 spiro atoms. The minimum Gasteiger partial charge on any atom is -0.454 e. The number of furan rings is 1. The van der Waals surface area contributed by atoms with Crippen LogP contribution in [0.4, 0.5) is 11.4 Å². The topological polar surface area (TPSA) is 21.3 Å². The molecule has 0 atom stereocenters. The molecule has 3 heteroatoms. The van der Waals surface area contributed by atoms with Gasteiger partial charge in [-0.3, -0.25) is 0 Å². The Morgan fingerprint density at radius 3 is 1.94 bits per heavy atom. The summed E-state index contributed by atoms with van der Waals surface area (Å²) in [5, 5.41) is 7.16. The van der Waals surface area contributed by atoms with Crippen LogP contribution >= 0.6 is 0 Å². The molecule has 3 nitrogen and oxygen atoms in total. The minimum atomic E-state index is 0.698. The van der Waals surface area contributed by atoms with Gasteiger partial charge in [0.05, 0.1) is 16.7 Å². The Balaban J connectivity index is 1.05. The normalized spacial score (nSPS) is 12.0. The van der Waals surface area contributed by atoms with Gasteiger partial charge in [0.2, 0.25) is 0 Å². The molecule has 0 bridgehead atoms. The number of benzene rings is 9. The standard InChI is InChI=1S/C59H42N2O/c1-2-3-21-46(40-35-45-20-14-28-55-58(45)53-24-9-11-27-54(53)61(55)56-29-15-26-52-51-23-10-12-30-57(51)62-59(52)56)60(47-36-31-42(32-37-47)41-16-5-4-6-17-41)48-38-33-44(34-39-48)50-25-13-19-43-18-7-8-22-49(43)50/h2-34,36-40H,1,35H2/b21-3-,46-40+. The van der Waals surface area contributed by atoms with Crippen LogP contribution in [0.3, 0.4) is 0 Å². The number of rotatable bonds is 10. The Morgan fingerprint density at radius 2 is 1.13 bits per heavy atom. The largest absolute Gasteiger partial charge is 0.454 e. The first-order valence-corrected chi connectivity index (χ1v) is 21.2. The van der Waals surface area contributed by atoms with Crippen LogP contribution < -0.4 is 4.90 Å². The maximum absolute atomic E-state index is 6.59. The fourth-order valence-electron chi connectivity index (χ4n) is 9.19. The molecule has 0 saturated heterocycles. The Morgan fingerprint density at radius 1 is 0.516 bits per heavy atom. The second-order valence-electron chi connectivity index (χ2n) is 15.7. The van der Waals surface area contributed by atoms with Crippen molar-refractivity contribution >= 4 is 65.9 Å². The molecule has 294 valence electrons. The van der Waals surface area contributed by atoms with Gasteiger partial charge in [-0.25, -0.2) is 0 Å². The number of para-hydroxylation sites is 3. The van der Waals surface area contributed by atoms with E-state index in [0.29, 0.717) is 6.42 Å². The zero-order chi connectivity index (χ0) is 41.4. The molecule has 0 aliphatic carbocycles. The van der Waals surface area contributed by atoms with Crippen LogP contribution in [0.15, 0.2) is 247 Å². The van der Waals surface area contributed by atoms with Crippen molar-refractivity contribution in [3.63, 3.8) is 0 Å². The number of aromatic nitrogens is 1. The van der Waals surface area contributed by atoms with Gasteiger partial charge in [-0.2, -0.15) is 0 Å². The molecule has 11 rings (SSSR count). The average Bonchev–Trinajstić information content (AvgIpc) is 3.89. The number of anilines is 2. The summed E-state index contributed by atoms with van der Waals surface area (Å²) >= 11 is 0. The summed E-state index contributed by atoms with van der Waals surface area (Å²) in [5.41, 5.74) is 14.3. The second-order valence-corrected chi connectivity index (χ2v) is 15.7. The van der Waals surface area contributed by atoms with Gasteiger partial charge >= 0.3 is 0 Å². The van der Waals surface area contributed by atoms with E-state index < -0.39 is 0 Å². The summed E-state index contributed by atoms with van der Waals surface area (Å²) in [5.74, 6) is 0. The molecule has 62 heavy (non-hydrogen) atoms. The fraction of sp³-hybridized carbons (Fsp3) is 0.0169. The zero-order valence-electron chi connectivity index (χ0n) is 34.2. The maximum Gasteiger partial charge on any atom is 0.159 e. The number of fused-ring (bicyclic) bond motifs is 7. The van der Waals surface area contributed by atoms with E-state index in [1.165, 1.54) is 49.4 Å². The van der Waals surface area contributed by atoms with Gasteiger partial charge in [-0.1, -0.05) is 183 Å². The molecule has 0 aliphatic rings. The van der Waals surface area contributed by atoms with E-state index in [-0.39, 0.29) is 0 Å². The van der Waals surface area contributed by atoms with Crippen molar-refractivity contribution in [1.29, 1.82) is 0 Å². The van der Waals surface area contributed by atoms with Crippen molar-refractivity contribution < 1.29 is 4.42 Å². The molecule has 2 aromatic heterocycles. The molecule has 0 aliphatic heterocycles.